The van der Waals surface area contributed by atoms with Crippen LogP contribution in [-0.2, 0) is 9.53 Å². The number of rotatable bonds is 7. The Morgan fingerprint density at radius 1 is 0.909 bits per heavy atom. The molecule has 1 atom stereocenters. The van der Waals surface area contributed by atoms with E-state index in [2.05, 4.69) is 0 Å². The van der Waals surface area contributed by atoms with Gasteiger partial charge in [0.2, 0.25) is 5.76 Å². The van der Waals surface area contributed by atoms with Gasteiger partial charge in [-0.3, -0.25) is 19.3 Å². The summed E-state index contributed by atoms with van der Waals surface area (Å²) in [6.07, 6.45) is 1.34. The highest BCUT2D eigenvalue weighted by atomic mass is 16.5. The maximum atomic E-state index is 12.5. The Morgan fingerprint density at radius 2 is 1.55 bits per heavy atom. The highest BCUT2D eigenvalue weighted by molar-refractivity contribution is 6.22. The minimum Gasteiger partial charge on any atom is -0.457 e. The van der Waals surface area contributed by atoms with Crippen molar-refractivity contribution in [2.24, 2.45) is 0 Å². The number of amides is 2. The standard InChI is InChI=1S/C24H17NO8/c1-14(25-21(27)17-5-2-3-6-18(17)22(25)28)23(29)32-13-19(26)15-8-10-16(11-9-15)33-24(30)20-7-4-12-31-20/h2-12,14H,13H2,1H3. The van der Waals surface area contributed by atoms with Crippen molar-refractivity contribution in [1.29, 1.82) is 0 Å². The first-order valence-corrected chi connectivity index (χ1v) is 9.89. The lowest BCUT2D eigenvalue weighted by molar-refractivity contribution is -0.146. The zero-order valence-corrected chi connectivity index (χ0v) is 17.3. The molecule has 166 valence electrons. The fraction of sp³-hybridized carbons (Fsp3) is 0.125. The first-order valence-electron chi connectivity index (χ1n) is 9.89. The van der Waals surface area contributed by atoms with Crippen molar-refractivity contribution >= 4 is 29.5 Å². The molecular formula is C24H17NO8. The first kappa shape index (κ1) is 21.7. The second-order valence-corrected chi connectivity index (χ2v) is 7.12. The van der Waals surface area contributed by atoms with E-state index in [9.17, 15) is 24.0 Å². The van der Waals surface area contributed by atoms with Gasteiger partial charge in [-0.25, -0.2) is 9.59 Å². The van der Waals surface area contributed by atoms with Crippen LogP contribution in [0.15, 0.2) is 71.3 Å². The number of carbonyl (C=O) groups excluding carboxylic acids is 5. The molecule has 4 rings (SSSR count). The van der Waals surface area contributed by atoms with Crippen LogP contribution >= 0.6 is 0 Å². The molecule has 0 spiro atoms. The van der Waals surface area contributed by atoms with Crippen molar-refractivity contribution < 1.29 is 37.9 Å². The van der Waals surface area contributed by atoms with E-state index in [0.29, 0.717) is 0 Å². The number of ether oxygens (including phenoxy) is 2. The van der Waals surface area contributed by atoms with Gasteiger partial charge >= 0.3 is 11.9 Å². The van der Waals surface area contributed by atoms with Crippen molar-refractivity contribution in [3.63, 3.8) is 0 Å². The predicted octanol–water partition coefficient (Wildman–Crippen LogP) is 2.91. The van der Waals surface area contributed by atoms with E-state index in [4.69, 9.17) is 13.9 Å². The number of esters is 2. The third-order valence-corrected chi connectivity index (χ3v) is 5.01. The zero-order valence-electron chi connectivity index (χ0n) is 17.3. The molecule has 1 aliphatic rings. The molecule has 0 saturated carbocycles. The predicted molar refractivity (Wildman–Crippen MR) is 112 cm³/mol. The highest BCUT2D eigenvalue weighted by Gasteiger charge is 2.41. The summed E-state index contributed by atoms with van der Waals surface area (Å²) in [5.74, 6) is -3.03. The first-order chi connectivity index (χ1) is 15.9. The largest absolute Gasteiger partial charge is 0.457 e. The Hall–Kier alpha value is -4.53. The van der Waals surface area contributed by atoms with Gasteiger partial charge in [-0.2, -0.15) is 0 Å². The number of benzene rings is 2. The lowest BCUT2D eigenvalue weighted by atomic mass is 10.1. The van der Waals surface area contributed by atoms with E-state index >= 15 is 0 Å². The number of hydrogen-bond acceptors (Lipinski definition) is 8. The smallest absolute Gasteiger partial charge is 0.379 e. The molecule has 2 amide bonds. The second kappa shape index (κ2) is 8.91. The number of nitrogens with zero attached hydrogens (tertiary/aromatic N) is 1. The fourth-order valence-corrected chi connectivity index (χ4v) is 3.27. The normalized spacial score (nSPS) is 13.4. The van der Waals surface area contributed by atoms with E-state index in [1.165, 1.54) is 55.7 Å². The van der Waals surface area contributed by atoms with Crippen LogP contribution in [0.3, 0.4) is 0 Å². The van der Waals surface area contributed by atoms with Crippen LogP contribution in [0, 0.1) is 0 Å². The van der Waals surface area contributed by atoms with Crippen LogP contribution in [0.5, 0.6) is 5.75 Å². The van der Waals surface area contributed by atoms with Crippen LogP contribution in [0.2, 0.25) is 0 Å². The van der Waals surface area contributed by atoms with Gasteiger partial charge in [0.1, 0.15) is 11.8 Å². The zero-order chi connectivity index (χ0) is 23.5. The molecule has 0 aliphatic carbocycles. The van der Waals surface area contributed by atoms with Gasteiger partial charge in [0, 0.05) is 5.56 Å². The van der Waals surface area contributed by atoms with Gasteiger partial charge in [-0.1, -0.05) is 12.1 Å². The molecule has 9 heteroatoms. The fourth-order valence-electron chi connectivity index (χ4n) is 3.27. The molecule has 0 bridgehead atoms. The Labute approximate surface area is 187 Å². The van der Waals surface area contributed by atoms with Gasteiger partial charge in [0.15, 0.2) is 12.4 Å². The molecule has 2 heterocycles. The topological polar surface area (TPSA) is 120 Å². The van der Waals surface area contributed by atoms with E-state index in [1.54, 1.807) is 18.2 Å². The lowest BCUT2D eigenvalue weighted by Gasteiger charge is -2.20. The van der Waals surface area contributed by atoms with E-state index in [0.717, 1.165) is 4.90 Å². The molecular weight excluding hydrogens is 430 g/mol. The number of Topliss-reactive ketones (excluding diaryl/α,β-unsaturated/α-hetero) is 1. The van der Waals surface area contributed by atoms with Crippen molar-refractivity contribution in [3.05, 3.63) is 89.4 Å². The highest BCUT2D eigenvalue weighted by Crippen LogP contribution is 2.25. The van der Waals surface area contributed by atoms with E-state index in [-0.39, 0.29) is 28.2 Å². The molecule has 0 N–H and O–H groups in total. The molecule has 0 fully saturated rings. The van der Waals surface area contributed by atoms with Crippen molar-refractivity contribution in [1.82, 2.24) is 4.90 Å². The number of imide groups is 1. The number of ketones is 1. The molecule has 2 aromatic carbocycles. The Bertz CT molecular complexity index is 1210. The lowest BCUT2D eigenvalue weighted by Crippen LogP contribution is -2.44. The molecule has 1 aromatic heterocycles. The summed E-state index contributed by atoms with van der Waals surface area (Å²) in [7, 11) is 0. The van der Waals surface area contributed by atoms with E-state index in [1.807, 2.05) is 0 Å². The van der Waals surface area contributed by atoms with Gasteiger partial charge in [0.05, 0.1) is 17.4 Å². The Balaban J connectivity index is 1.33. The Kier molecular flexibility index (Phi) is 5.86. The quantitative estimate of drug-likeness (QED) is 0.235. The molecule has 3 aromatic rings. The van der Waals surface area contributed by atoms with Crippen LogP contribution in [-0.4, -0.2) is 47.1 Å². The maximum Gasteiger partial charge on any atom is 0.379 e. The van der Waals surface area contributed by atoms with Gasteiger partial charge in [-0.05, 0) is 55.5 Å². The van der Waals surface area contributed by atoms with Crippen molar-refractivity contribution in [2.75, 3.05) is 6.61 Å². The van der Waals surface area contributed by atoms with Crippen LogP contribution in [0.25, 0.3) is 0 Å². The number of furan rings is 1. The van der Waals surface area contributed by atoms with Gasteiger partial charge in [-0.15, -0.1) is 0 Å². The molecule has 1 aliphatic heterocycles. The Morgan fingerprint density at radius 3 is 2.12 bits per heavy atom. The monoisotopic (exact) mass is 447 g/mol. The molecule has 33 heavy (non-hydrogen) atoms. The van der Waals surface area contributed by atoms with E-state index < -0.39 is 42.2 Å². The van der Waals surface area contributed by atoms with Crippen LogP contribution < -0.4 is 4.74 Å². The minimum absolute atomic E-state index is 0.0363. The van der Waals surface area contributed by atoms with Crippen LogP contribution in [0.4, 0.5) is 0 Å². The van der Waals surface area contributed by atoms with Gasteiger partial charge in [0.25, 0.3) is 11.8 Å². The van der Waals surface area contributed by atoms with Crippen molar-refractivity contribution in [2.45, 2.75) is 13.0 Å². The number of hydrogen-bond donors (Lipinski definition) is 0. The second-order valence-electron chi connectivity index (χ2n) is 7.12. The number of carbonyl (C=O) groups is 5. The summed E-state index contributed by atoms with van der Waals surface area (Å²) < 4.78 is 15.1. The SMILES string of the molecule is CC(C(=O)OCC(=O)c1ccc(OC(=O)c2ccco2)cc1)N1C(=O)c2ccccc2C1=O. The summed E-state index contributed by atoms with van der Waals surface area (Å²) in [6.45, 7) is 0.772. The third-order valence-electron chi connectivity index (χ3n) is 5.01. The van der Waals surface area contributed by atoms with Gasteiger partial charge < -0.3 is 13.9 Å². The summed E-state index contributed by atoms with van der Waals surface area (Å²) in [4.78, 5) is 62.4. The third kappa shape index (κ3) is 4.29. The average molecular weight is 447 g/mol. The molecule has 0 radical (unpaired) electrons. The van der Waals surface area contributed by atoms with Crippen molar-refractivity contribution in [3.8, 4) is 5.75 Å². The summed E-state index contributed by atoms with van der Waals surface area (Å²) in [5.41, 5.74) is 0.645. The summed E-state index contributed by atoms with van der Waals surface area (Å²) >= 11 is 0. The summed E-state index contributed by atoms with van der Waals surface area (Å²) in [6, 6.07) is 13.7. The summed E-state index contributed by atoms with van der Waals surface area (Å²) in [5, 5.41) is 0. The molecule has 1 unspecified atom stereocenters. The maximum absolute atomic E-state index is 12.5. The molecule has 0 saturated heterocycles. The van der Waals surface area contributed by atoms with Crippen LogP contribution in [0.1, 0.15) is 48.6 Å². The molecule has 9 nitrogen and oxygen atoms in total. The minimum atomic E-state index is -1.20. The average Bonchev–Trinajstić information content (AvgIpc) is 3.45. The number of fused-ring (bicyclic) bond motifs is 1.